The molecule has 0 aliphatic heterocycles. The molecule has 0 saturated carbocycles. The molecule has 0 heterocycles. The van der Waals surface area contributed by atoms with Crippen LogP contribution in [0.5, 0.6) is 5.75 Å². The maximum Gasteiger partial charge on any atom is 0.335 e. The van der Waals surface area contributed by atoms with Gasteiger partial charge in [-0.25, -0.2) is 4.79 Å². The molecular weight excluding hydrogens is 246 g/mol. The van der Waals surface area contributed by atoms with Gasteiger partial charge >= 0.3 is 11.7 Å². The maximum atomic E-state index is 10.7. The van der Waals surface area contributed by atoms with Crippen LogP contribution in [0.15, 0.2) is 18.2 Å². The number of nitrogens with zero attached hydrogens (tertiary/aromatic N) is 1. The molecular formula is C10H11NO7. The van der Waals surface area contributed by atoms with Gasteiger partial charge in [0.2, 0.25) is 0 Å². The third-order valence-corrected chi connectivity index (χ3v) is 2.29. The number of ether oxygens (including phenoxy) is 1. The lowest BCUT2D eigenvalue weighted by molar-refractivity contribution is -0.385. The number of aliphatic hydroxyl groups is 2. The first-order valence-corrected chi connectivity index (χ1v) is 4.79. The summed E-state index contributed by atoms with van der Waals surface area (Å²) in [4.78, 5) is 20.5. The van der Waals surface area contributed by atoms with Crippen LogP contribution in [-0.2, 0) is 4.79 Å². The lowest BCUT2D eigenvalue weighted by atomic mass is 10.0. The molecule has 0 saturated heterocycles. The SMILES string of the molecule is COc1ccc(C(O)C(O)C(=O)O)cc1[N+](=O)[O-]. The van der Waals surface area contributed by atoms with Gasteiger partial charge < -0.3 is 20.1 Å². The molecule has 3 N–H and O–H groups in total. The van der Waals surface area contributed by atoms with E-state index in [1.807, 2.05) is 0 Å². The number of nitro benzene ring substituents is 1. The van der Waals surface area contributed by atoms with Crippen LogP contribution in [-0.4, -0.2) is 39.4 Å². The molecule has 2 unspecified atom stereocenters. The number of carboxylic acid groups (broad SMARTS) is 1. The first kappa shape index (κ1) is 13.9. The lowest BCUT2D eigenvalue weighted by Gasteiger charge is -2.14. The normalized spacial score (nSPS) is 13.7. The molecule has 0 aliphatic rings. The molecule has 0 fully saturated rings. The van der Waals surface area contributed by atoms with Gasteiger partial charge in [0.25, 0.3) is 0 Å². The zero-order valence-electron chi connectivity index (χ0n) is 9.31. The van der Waals surface area contributed by atoms with E-state index in [0.29, 0.717) is 0 Å². The van der Waals surface area contributed by atoms with Crippen molar-refractivity contribution in [1.29, 1.82) is 0 Å². The van der Waals surface area contributed by atoms with Crippen molar-refractivity contribution in [3.05, 3.63) is 33.9 Å². The summed E-state index contributed by atoms with van der Waals surface area (Å²) in [6.07, 6.45) is -3.81. The largest absolute Gasteiger partial charge is 0.490 e. The Kier molecular flexibility index (Phi) is 4.18. The fourth-order valence-corrected chi connectivity index (χ4v) is 1.35. The standard InChI is InChI=1S/C10H11NO7/c1-18-7-3-2-5(4-6(7)11(16)17)8(12)9(13)10(14)15/h2-4,8-9,12-13H,1H3,(H,14,15). The van der Waals surface area contributed by atoms with Crippen LogP contribution < -0.4 is 4.74 Å². The van der Waals surface area contributed by atoms with E-state index >= 15 is 0 Å². The second-order valence-corrected chi connectivity index (χ2v) is 3.42. The molecule has 0 amide bonds. The zero-order chi connectivity index (χ0) is 13.9. The molecule has 0 aliphatic carbocycles. The molecule has 8 heteroatoms. The smallest absolute Gasteiger partial charge is 0.335 e. The first-order chi connectivity index (χ1) is 8.38. The van der Waals surface area contributed by atoms with Gasteiger partial charge in [-0.3, -0.25) is 10.1 Å². The second-order valence-electron chi connectivity index (χ2n) is 3.42. The van der Waals surface area contributed by atoms with Crippen molar-refractivity contribution in [2.24, 2.45) is 0 Å². The fraction of sp³-hybridized carbons (Fsp3) is 0.300. The van der Waals surface area contributed by atoms with Gasteiger partial charge in [-0.2, -0.15) is 0 Å². The predicted molar refractivity (Wildman–Crippen MR) is 58.3 cm³/mol. The molecule has 1 aromatic rings. The number of nitro groups is 1. The Bertz CT molecular complexity index is 473. The van der Waals surface area contributed by atoms with Crippen LogP contribution in [0, 0.1) is 10.1 Å². The van der Waals surface area contributed by atoms with Gasteiger partial charge in [0, 0.05) is 6.07 Å². The third-order valence-electron chi connectivity index (χ3n) is 2.29. The van der Waals surface area contributed by atoms with E-state index in [-0.39, 0.29) is 11.3 Å². The number of carbonyl (C=O) groups is 1. The Morgan fingerprint density at radius 1 is 1.44 bits per heavy atom. The van der Waals surface area contributed by atoms with Crippen LogP contribution in [0.1, 0.15) is 11.7 Å². The van der Waals surface area contributed by atoms with Gasteiger partial charge in [0.05, 0.1) is 12.0 Å². The number of aliphatic hydroxyl groups excluding tert-OH is 2. The second kappa shape index (κ2) is 5.43. The minimum atomic E-state index is -2.06. The molecule has 1 rings (SSSR count). The molecule has 0 spiro atoms. The number of aliphatic carboxylic acids is 1. The molecule has 2 atom stereocenters. The number of hydrogen-bond acceptors (Lipinski definition) is 6. The van der Waals surface area contributed by atoms with E-state index in [2.05, 4.69) is 0 Å². The Hall–Kier alpha value is -2.19. The van der Waals surface area contributed by atoms with Crippen molar-refractivity contribution < 1.29 is 29.8 Å². The van der Waals surface area contributed by atoms with Gasteiger partial charge in [-0.05, 0) is 11.6 Å². The fourth-order valence-electron chi connectivity index (χ4n) is 1.35. The predicted octanol–water partition coefficient (Wildman–Crippen LogP) is 0.0823. The highest BCUT2D eigenvalue weighted by Crippen LogP contribution is 2.30. The quantitative estimate of drug-likeness (QED) is 0.503. The van der Waals surface area contributed by atoms with Crippen LogP contribution >= 0.6 is 0 Å². The van der Waals surface area contributed by atoms with Crippen LogP contribution in [0.4, 0.5) is 5.69 Å². The van der Waals surface area contributed by atoms with Crippen LogP contribution in [0.2, 0.25) is 0 Å². The molecule has 8 nitrogen and oxygen atoms in total. The first-order valence-electron chi connectivity index (χ1n) is 4.79. The van der Waals surface area contributed by atoms with Crippen LogP contribution in [0.3, 0.4) is 0 Å². The third kappa shape index (κ3) is 2.73. The van der Waals surface area contributed by atoms with E-state index in [1.54, 1.807) is 0 Å². The monoisotopic (exact) mass is 257 g/mol. The number of hydrogen-bond donors (Lipinski definition) is 3. The average Bonchev–Trinajstić information content (AvgIpc) is 2.35. The summed E-state index contributed by atoms with van der Waals surface area (Å²) in [7, 11) is 1.24. The highest BCUT2D eigenvalue weighted by Gasteiger charge is 2.27. The van der Waals surface area contributed by atoms with Crippen molar-refractivity contribution in [3.8, 4) is 5.75 Å². The topological polar surface area (TPSA) is 130 Å². The van der Waals surface area contributed by atoms with Crippen molar-refractivity contribution >= 4 is 11.7 Å². The summed E-state index contributed by atoms with van der Waals surface area (Å²) in [5.41, 5.74) is -0.510. The number of benzene rings is 1. The van der Waals surface area contributed by atoms with E-state index in [9.17, 15) is 20.0 Å². The van der Waals surface area contributed by atoms with Crippen molar-refractivity contribution in [2.75, 3.05) is 7.11 Å². The summed E-state index contributed by atoms with van der Waals surface area (Å²) in [5.74, 6) is -1.65. The Labute approximate surface area is 101 Å². The van der Waals surface area contributed by atoms with E-state index in [4.69, 9.17) is 14.9 Å². The van der Waals surface area contributed by atoms with Crippen molar-refractivity contribution in [3.63, 3.8) is 0 Å². The molecule has 18 heavy (non-hydrogen) atoms. The molecule has 0 bridgehead atoms. The minimum Gasteiger partial charge on any atom is -0.490 e. The van der Waals surface area contributed by atoms with Crippen molar-refractivity contribution in [2.45, 2.75) is 12.2 Å². The van der Waals surface area contributed by atoms with Crippen LogP contribution in [0.25, 0.3) is 0 Å². The summed E-state index contributed by atoms with van der Waals surface area (Å²) in [6.45, 7) is 0. The molecule has 0 radical (unpaired) electrons. The van der Waals surface area contributed by atoms with E-state index < -0.39 is 28.8 Å². The molecule has 98 valence electrons. The Morgan fingerprint density at radius 2 is 2.06 bits per heavy atom. The van der Waals surface area contributed by atoms with Crippen molar-refractivity contribution in [1.82, 2.24) is 0 Å². The van der Waals surface area contributed by atoms with E-state index in [0.717, 1.165) is 6.07 Å². The van der Waals surface area contributed by atoms with E-state index in [1.165, 1.54) is 19.2 Å². The molecule has 1 aromatic carbocycles. The Balaban J connectivity index is 3.15. The number of carboxylic acids is 1. The lowest BCUT2D eigenvalue weighted by Crippen LogP contribution is -2.27. The van der Waals surface area contributed by atoms with Gasteiger partial charge in [0.15, 0.2) is 11.9 Å². The summed E-state index contributed by atoms with van der Waals surface area (Å²) < 4.78 is 4.75. The number of rotatable bonds is 5. The average molecular weight is 257 g/mol. The summed E-state index contributed by atoms with van der Waals surface area (Å²) in [6, 6.07) is 3.41. The highest BCUT2D eigenvalue weighted by atomic mass is 16.6. The maximum absolute atomic E-state index is 10.7. The van der Waals surface area contributed by atoms with Gasteiger partial charge in [-0.15, -0.1) is 0 Å². The minimum absolute atomic E-state index is 0.0271. The Morgan fingerprint density at radius 3 is 2.50 bits per heavy atom. The molecule has 0 aromatic heterocycles. The number of methoxy groups -OCH3 is 1. The van der Waals surface area contributed by atoms with Gasteiger partial charge in [-0.1, -0.05) is 6.07 Å². The van der Waals surface area contributed by atoms with Gasteiger partial charge in [0.1, 0.15) is 6.10 Å². The summed E-state index contributed by atoms with van der Waals surface area (Å²) in [5, 5.41) is 37.9. The highest BCUT2D eigenvalue weighted by molar-refractivity contribution is 5.73. The zero-order valence-corrected chi connectivity index (χ0v) is 9.31. The summed E-state index contributed by atoms with van der Waals surface area (Å²) >= 11 is 0.